The van der Waals surface area contributed by atoms with E-state index in [1.165, 1.54) is 0 Å². The van der Waals surface area contributed by atoms with Crippen LogP contribution in [-0.4, -0.2) is 89.9 Å². The molecule has 14 atom stereocenters. The fourth-order valence-corrected chi connectivity index (χ4v) is 13.8. The van der Waals surface area contributed by atoms with Crippen LogP contribution in [0.25, 0.3) is 0 Å². The molecule has 5 aliphatic carbocycles. The Kier molecular flexibility index (Phi) is 7.05. The number of cyclic esters (lactones) is 2. The average Bonchev–Trinajstić information content (AvgIpc) is 3.39. The van der Waals surface area contributed by atoms with Gasteiger partial charge in [-0.3, -0.25) is 14.9 Å². The highest BCUT2D eigenvalue weighted by molar-refractivity contribution is 5.97. The number of aliphatic hydroxyl groups is 2. The van der Waals surface area contributed by atoms with Crippen LogP contribution in [0.15, 0.2) is 41.1 Å². The van der Waals surface area contributed by atoms with Crippen molar-refractivity contribution in [3.8, 4) is 0 Å². The first kappa shape index (κ1) is 33.7. The number of hydrogen-bond acceptors (Lipinski definition) is 12. The number of carbonyl (C=O) groups excluding carboxylic acids is 3. The molecule has 2 saturated carbocycles. The molecule has 1 aromatic rings. The largest absolute Gasteiger partial charge is 0.469 e. The van der Waals surface area contributed by atoms with Crippen molar-refractivity contribution in [2.24, 2.45) is 45.3 Å². The van der Waals surface area contributed by atoms with E-state index >= 15 is 4.79 Å². The Hall–Kier alpha value is -2.87. The van der Waals surface area contributed by atoms with E-state index in [0.29, 0.717) is 43.4 Å². The van der Waals surface area contributed by atoms with Gasteiger partial charge in [0.1, 0.15) is 30.2 Å². The number of allylic oxidation sites excluding steroid dienone is 2. The summed E-state index contributed by atoms with van der Waals surface area (Å²) < 4.78 is 31.8. The fraction of sp³-hybridized carbons (Fsp3) is 0.725. The summed E-state index contributed by atoms with van der Waals surface area (Å²) in [6.45, 7) is 7.60. The Morgan fingerprint density at radius 3 is 2.63 bits per heavy atom. The molecule has 5 saturated heterocycles. The van der Waals surface area contributed by atoms with Crippen LogP contribution in [0.2, 0.25) is 0 Å². The van der Waals surface area contributed by atoms with Crippen LogP contribution in [0, 0.1) is 45.3 Å². The van der Waals surface area contributed by atoms with Crippen molar-refractivity contribution >= 4 is 17.7 Å². The average molecular weight is 719 g/mol. The van der Waals surface area contributed by atoms with Crippen molar-refractivity contribution in [2.45, 2.75) is 107 Å². The highest BCUT2D eigenvalue weighted by Gasteiger charge is 2.94. The molecule has 1 aromatic heterocycles. The highest BCUT2D eigenvalue weighted by atomic mass is 16.7. The number of carbonyl (C=O) groups is 3. The molecule has 10 aliphatic rings. The Balaban J connectivity index is 1.03. The number of esters is 2. The van der Waals surface area contributed by atoms with Gasteiger partial charge >= 0.3 is 11.9 Å². The van der Waals surface area contributed by atoms with E-state index in [9.17, 15) is 19.8 Å². The zero-order valence-electron chi connectivity index (χ0n) is 30.1. The fourth-order valence-electron chi connectivity index (χ4n) is 13.8. The molecule has 11 rings (SSSR count). The summed E-state index contributed by atoms with van der Waals surface area (Å²) >= 11 is 0. The highest BCUT2D eigenvalue weighted by Crippen LogP contribution is 2.84. The molecule has 0 radical (unpaired) electrons. The molecule has 0 aromatic carbocycles. The minimum atomic E-state index is -1.45. The number of epoxide rings is 1. The van der Waals surface area contributed by atoms with Gasteiger partial charge in [0.05, 0.1) is 35.2 Å². The molecular weight excluding hydrogens is 668 g/mol. The molecule has 280 valence electrons. The van der Waals surface area contributed by atoms with E-state index in [2.05, 4.69) is 29.7 Å². The number of rotatable bonds is 6. The minimum Gasteiger partial charge on any atom is -0.469 e. The van der Waals surface area contributed by atoms with Gasteiger partial charge < -0.3 is 38.9 Å². The van der Waals surface area contributed by atoms with Gasteiger partial charge in [-0.2, -0.15) is 0 Å². The number of fused-ring (bicyclic) bond motifs is 2. The number of hydrogen-bond donors (Lipinski definition) is 4. The van der Waals surface area contributed by atoms with Crippen LogP contribution in [0.5, 0.6) is 0 Å². The van der Waals surface area contributed by atoms with Crippen molar-refractivity contribution in [2.75, 3.05) is 26.4 Å². The van der Waals surface area contributed by atoms with Crippen LogP contribution in [-0.2, 0) is 39.8 Å². The lowest BCUT2D eigenvalue weighted by molar-refractivity contribution is -0.262. The summed E-state index contributed by atoms with van der Waals surface area (Å²) in [5, 5.41) is 30.2. The van der Waals surface area contributed by atoms with Gasteiger partial charge in [0.25, 0.3) is 0 Å². The molecule has 2 bridgehead atoms. The molecule has 7 fully saturated rings. The standard InChI is InChI=1S/C40H50N2O10/c1-35(2)39-12-4-11-37(30(45)31(39)46)27(38(39)19-49-29(44)16-28(38)51-35)9-13-36(3)32(50-34(47)33-40(36,37)52-33)24-10-14-48-26(24)15-23(18-43)21-5-7-22(8-6-21)25-17-41-20-42-25/h4-5,7,10,12,14,21-23,25,27-28,30,32-33,41-43,45H,6,8-9,11,13,15-20H2,1-3H3. The summed E-state index contributed by atoms with van der Waals surface area (Å²) in [7, 11) is 0. The molecule has 14 unspecified atom stereocenters. The van der Waals surface area contributed by atoms with Gasteiger partial charge in [-0.15, -0.1) is 0 Å². The van der Waals surface area contributed by atoms with Crippen molar-refractivity contribution in [3.63, 3.8) is 0 Å². The minimum absolute atomic E-state index is 0.000668. The van der Waals surface area contributed by atoms with Gasteiger partial charge in [-0.25, -0.2) is 4.79 Å². The number of ketones is 1. The van der Waals surface area contributed by atoms with Crippen molar-refractivity contribution in [1.29, 1.82) is 0 Å². The number of furan rings is 1. The SMILES string of the molecule is CC1(C)OC2CC(=O)OCC23C2CCC4(C)C(c5ccoc5CC(CO)C5C=CC(C6CNCN6)CC5)OC(=O)C5OC54C24CC=CC13C(=O)C4O. The van der Waals surface area contributed by atoms with Gasteiger partial charge in [-0.1, -0.05) is 31.2 Å². The molecule has 12 nitrogen and oxygen atoms in total. The smallest absolute Gasteiger partial charge is 0.339 e. The summed E-state index contributed by atoms with van der Waals surface area (Å²) in [4.78, 5) is 41.9. The Labute approximate surface area is 303 Å². The first-order valence-corrected chi connectivity index (χ1v) is 19.3. The topological polar surface area (TPSA) is 169 Å². The predicted molar refractivity (Wildman–Crippen MR) is 182 cm³/mol. The third-order valence-corrected chi connectivity index (χ3v) is 16.0. The molecular formula is C40H50N2O10. The summed E-state index contributed by atoms with van der Waals surface area (Å²) in [6.07, 6.45) is 10.3. The van der Waals surface area contributed by atoms with E-state index < -0.39 is 63.2 Å². The Morgan fingerprint density at radius 1 is 1.04 bits per heavy atom. The zero-order chi connectivity index (χ0) is 36.1. The van der Waals surface area contributed by atoms with Crippen molar-refractivity contribution in [1.82, 2.24) is 10.6 Å². The summed E-state index contributed by atoms with van der Waals surface area (Å²) in [5.74, 6) is -0.403. The van der Waals surface area contributed by atoms with Crippen LogP contribution >= 0.6 is 0 Å². The number of aliphatic hydroxyl groups excluding tert-OH is 2. The number of ether oxygens (including phenoxy) is 4. The normalized spacial score (nSPS) is 49.9. The van der Waals surface area contributed by atoms with Crippen molar-refractivity contribution in [3.05, 3.63) is 48.0 Å². The Morgan fingerprint density at radius 2 is 1.88 bits per heavy atom. The van der Waals surface area contributed by atoms with Gasteiger partial charge in [0.15, 0.2) is 11.9 Å². The third-order valence-electron chi connectivity index (χ3n) is 16.0. The van der Waals surface area contributed by atoms with Crippen LogP contribution in [0.1, 0.15) is 76.7 Å². The van der Waals surface area contributed by atoms with Gasteiger partial charge in [-0.05, 0) is 75.7 Å². The molecule has 6 heterocycles. The van der Waals surface area contributed by atoms with Gasteiger partial charge in [0, 0.05) is 48.7 Å². The lowest BCUT2D eigenvalue weighted by atomic mass is 9.33. The van der Waals surface area contributed by atoms with Gasteiger partial charge in [0.2, 0.25) is 0 Å². The predicted octanol–water partition coefficient (Wildman–Crippen LogP) is 2.67. The van der Waals surface area contributed by atoms with Crippen LogP contribution in [0.3, 0.4) is 0 Å². The van der Waals surface area contributed by atoms with Crippen LogP contribution in [0.4, 0.5) is 0 Å². The monoisotopic (exact) mass is 718 g/mol. The van der Waals surface area contributed by atoms with E-state index in [1.807, 2.05) is 32.1 Å². The lowest BCUT2D eigenvalue weighted by Crippen LogP contribution is -2.79. The lowest BCUT2D eigenvalue weighted by Gasteiger charge is -2.68. The third kappa shape index (κ3) is 3.72. The van der Waals surface area contributed by atoms with E-state index in [1.54, 1.807) is 6.26 Å². The van der Waals surface area contributed by atoms with E-state index in [-0.39, 0.29) is 49.1 Å². The maximum atomic E-state index is 15.0. The second-order valence-corrected chi connectivity index (χ2v) is 18.0. The first-order valence-electron chi connectivity index (χ1n) is 19.3. The Bertz CT molecular complexity index is 1780. The molecule has 0 amide bonds. The summed E-state index contributed by atoms with van der Waals surface area (Å²) in [6, 6.07) is 2.28. The second kappa shape index (κ2) is 10.9. The first-order chi connectivity index (χ1) is 24.9. The maximum Gasteiger partial charge on any atom is 0.339 e. The second-order valence-electron chi connectivity index (χ2n) is 18.0. The molecule has 4 N–H and O–H groups in total. The van der Waals surface area contributed by atoms with Crippen molar-refractivity contribution < 1.29 is 48.0 Å². The zero-order valence-corrected chi connectivity index (χ0v) is 30.1. The molecule has 5 aliphatic heterocycles. The summed E-state index contributed by atoms with van der Waals surface area (Å²) in [5.41, 5.74) is -5.73. The quantitative estimate of drug-likeness (QED) is 0.193. The molecule has 52 heavy (non-hydrogen) atoms. The maximum absolute atomic E-state index is 15.0. The number of nitrogens with one attached hydrogen (secondary N) is 2. The molecule has 4 spiro atoms. The van der Waals surface area contributed by atoms with Crippen LogP contribution < -0.4 is 10.6 Å². The molecule has 12 heteroatoms. The number of Topliss-reactive ketones (excluding diaryl/α,β-unsaturated/α-hetero) is 1. The van der Waals surface area contributed by atoms with E-state index in [0.717, 1.165) is 31.6 Å². The van der Waals surface area contributed by atoms with E-state index in [4.69, 9.17) is 23.4 Å².